The van der Waals surface area contributed by atoms with Crippen LogP contribution in [0.15, 0.2) is 12.1 Å². The van der Waals surface area contributed by atoms with Crippen LogP contribution in [0.2, 0.25) is 0 Å². The van der Waals surface area contributed by atoms with Crippen molar-refractivity contribution >= 4 is 22.8 Å². The molecule has 2 aromatic rings. The maximum absolute atomic E-state index is 5.97. The Bertz CT molecular complexity index is 573. The first-order valence-corrected chi connectivity index (χ1v) is 6.74. The Morgan fingerprint density at radius 1 is 1.25 bits per heavy atom. The summed E-state index contributed by atoms with van der Waals surface area (Å²) in [5.74, 6) is 1.60. The van der Waals surface area contributed by atoms with Crippen LogP contribution in [0.4, 0.5) is 0 Å². The maximum atomic E-state index is 5.97. The molecule has 0 saturated carbocycles. The minimum absolute atomic E-state index is 0.0904. The number of hydrogen-bond donors (Lipinski definition) is 0. The van der Waals surface area contributed by atoms with E-state index >= 15 is 0 Å². The maximum Gasteiger partial charge on any atom is 0.215 e. The van der Waals surface area contributed by atoms with E-state index in [1.807, 2.05) is 10.6 Å². The van der Waals surface area contributed by atoms with Crippen LogP contribution in [0.25, 0.3) is 11.2 Å². The fourth-order valence-corrected chi connectivity index (χ4v) is 2.23. The molecule has 0 aliphatic heterocycles. The highest BCUT2D eigenvalue weighted by molar-refractivity contribution is 6.16. The highest BCUT2D eigenvalue weighted by Gasteiger charge is 2.16. The van der Waals surface area contributed by atoms with E-state index in [0.29, 0.717) is 24.9 Å². The van der Waals surface area contributed by atoms with Crippen LogP contribution >= 0.6 is 11.6 Å². The number of aromatic nitrogens is 3. The summed E-state index contributed by atoms with van der Waals surface area (Å²) in [6.07, 6.45) is -0.0904. The third kappa shape index (κ3) is 3.03. The second-order valence-corrected chi connectivity index (χ2v) is 4.55. The second kappa shape index (κ2) is 6.88. The molecule has 0 radical (unpaired) electrons. The van der Waals surface area contributed by atoms with Crippen molar-refractivity contribution in [3.63, 3.8) is 0 Å². The van der Waals surface area contributed by atoms with Gasteiger partial charge in [-0.3, -0.25) is 0 Å². The largest absolute Gasteiger partial charge is 0.481 e. The zero-order valence-electron chi connectivity index (χ0n) is 11.8. The third-order valence-corrected chi connectivity index (χ3v) is 3.29. The molecule has 2 rings (SSSR count). The van der Waals surface area contributed by atoms with Crippen LogP contribution in [0.3, 0.4) is 0 Å². The smallest absolute Gasteiger partial charge is 0.215 e. The number of fused-ring (bicyclic) bond motifs is 1. The summed E-state index contributed by atoms with van der Waals surface area (Å²) in [5.41, 5.74) is 1.52. The van der Waals surface area contributed by atoms with Crippen LogP contribution < -0.4 is 4.74 Å². The van der Waals surface area contributed by atoms with E-state index in [0.717, 1.165) is 17.0 Å². The molecule has 6 nitrogen and oxygen atoms in total. The Morgan fingerprint density at radius 2 is 2.05 bits per heavy atom. The van der Waals surface area contributed by atoms with Crippen LogP contribution in [0, 0.1) is 0 Å². The van der Waals surface area contributed by atoms with Gasteiger partial charge in [0.25, 0.3) is 0 Å². The fraction of sp³-hybridized carbons (Fsp3) is 0.538. The van der Waals surface area contributed by atoms with Crippen molar-refractivity contribution in [3.05, 3.63) is 18.0 Å². The molecule has 7 heteroatoms. The van der Waals surface area contributed by atoms with E-state index in [4.69, 9.17) is 25.8 Å². The minimum atomic E-state index is -0.0904. The van der Waals surface area contributed by atoms with Gasteiger partial charge in [0.2, 0.25) is 5.88 Å². The highest BCUT2D eigenvalue weighted by Crippen LogP contribution is 2.20. The Morgan fingerprint density at radius 3 is 2.65 bits per heavy atom. The number of halogens is 1. The first kappa shape index (κ1) is 15.0. The van der Waals surface area contributed by atoms with Crippen molar-refractivity contribution in [2.24, 2.45) is 0 Å². The van der Waals surface area contributed by atoms with Crippen LogP contribution in [0.5, 0.6) is 5.88 Å². The average molecular weight is 300 g/mol. The van der Waals surface area contributed by atoms with Gasteiger partial charge in [-0.05, 0) is 6.07 Å². The summed E-state index contributed by atoms with van der Waals surface area (Å²) in [5, 5.41) is 0. The van der Waals surface area contributed by atoms with Gasteiger partial charge >= 0.3 is 0 Å². The Kier molecular flexibility index (Phi) is 5.17. The lowest BCUT2D eigenvalue weighted by Crippen LogP contribution is -2.24. The van der Waals surface area contributed by atoms with E-state index in [1.54, 1.807) is 27.4 Å². The van der Waals surface area contributed by atoms with Gasteiger partial charge in [-0.1, -0.05) is 0 Å². The molecule has 0 aliphatic rings. The molecule has 0 fully saturated rings. The van der Waals surface area contributed by atoms with E-state index in [9.17, 15) is 0 Å². The fourth-order valence-electron chi connectivity index (χ4n) is 2.02. The predicted molar refractivity (Wildman–Crippen MR) is 76.3 cm³/mol. The van der Waals surface area contributed by atoms with Gasteiger partial charge in [-0.25, -0.2) is 4.98 Å². The van der Waals surface area contributed by atoms with Crippen molar-refractivity contribution in [2.75, 3.05) is 27.9 Å². The monoisotopic (exact) mass is 299 g/mol. The summed E-state index contributed by atoms with van der Waals surface area (Å²) in [4.78, 5) is 8.90. The van der Waals surface area contributed by atoms with Crippen molar-refractivity contribution in [3.8, 4) is 5.88 Å². The van der Waals surface area contributed by atoms with E-state index < -0.39 is 0 Å². The lowest BCUT2D eigenvalue weighted by molar-refractivity contribution is 0.0185. The minimum Gasteiger partial charge on any atom is -0.481 e. The summed E-state index contributed by atoms with van der Waals surface area (Å²) in [6, 6.07) is 3.65. The molecular weight excluding hydrogens is 282 g/mol. The van der Waals surface area contributed by atoms with Gasteiger partial charge in [0.05, 0.1) is 32.2 Å². The summed E-state index contributed by atoms with van der Waals surface area (Å²) < 4.78 is 17.6. The molecule has 0 bridgehead atoms. The second-order valence-electron chi connectivity index (χ2n) is 4.28. The normalized spacial score (nSPS) is 12.8. The van der Waals surface area contributed by atoms with Crippen LogP contribution in [-0.4, -0.2) is 48.6 Å². The highest BCUT2D eigenvalue weighted by atomic mass is 35.5. The number of methoxy groups -OCH3 is 3. The van der Waals surface area contributed by atoms with E-state index in [1.165, 1.54) is 0 Å². The van der Waals surface area contributed by atoms with Crippen LogP contribution in [0.1, 0.15) is 5.82 Å². The molecule has 0 saturated heterocycles. The van der Waals surface area contributed by atoms with Gasteiger partial charge in [0.1, 0.15) is 11.3 Å². The number of rotatable bonds is 7. The molecule has 2 aromatic heterocycles. The molecule has 0 aliphatic carbocycles. The Balaban J connectivity index is 2.42. The van der Waals surface area contributed by atoms with E-state index in [2.05, 4.69) is 9.97 Å². The van der Waals surface area contributed by atoms with Crippen molar-refractivity contribution in [1.82, 2.24) is 14.5 Å². The lowest BCUT2D eigenvalue weighted by Gasteiger charge is -2.16. The topological polar surface area (TPSA) is 58.4 Å². The lowest BCUT2D eigenvalue weighted by atomic mass is 10.3. The molecule has 20 heavy (non-hydrogen) atoms. The van der Waals surface area contributed by atoms with Gasteiger partial charge in [0.15, 0.2) is 5.65 Å². The SMILES string of the molecule is COCC(Cn1c(CCl)nc2ccc(OC)nc21)OC. The predicted octanol–water partition coefficient (Wildman–Crippen LogP) is 1.84. The summed E-state index contributed by atoms with van der Waals surface area (Å²) in [6.45, 7) is 1.06. The Labute approximate surface area is 122 Å². The van der Waals surface area contributed by atoms with E-state index in [-0.39, 0.29) is 6.10 Å². The van der Waals surface area contributed by atoms with Crippen molar-refractivity contribution in [1.29, 1.82) is 0 Å². The molecule has 0 amide bonds. The third-order valence-electron chi connectivity index (χ3n) is 3.05. The van der Waals surface area contributed by atoms with Gasteiger partial charge < -0.3 is 18.8 Å². The molecule has 1 atom stereocenters. The van der Waals surface area contributed by atoms with Crippen molar-refractivity contribution < 1.29 is 14.2 Å². The number of ether oxygens (including phenoxy) is 3. The summed E-state index contributed by atoms with van der Waals surface area (Å²) in [7, 11) is 4.87. The molecule has 0 N–H and O–H groups in total. The Hall–Kier alpha value is -1.37. The molecule has 0 aromatic carbocycles. The number of nitrogens with zero attached hydrogens (tertiary/aromatic N) is 3. The average Bonchev–Trinajstić information content (AvgIpc) is 2.83. The zero-order chi connectivity index (χ0) is 14.5. The first-order chi connectivity index (χ1) is 9.73. The molecule has 2 heterocycles. The van der Waals surface area contributed by atoms with Crippen molar-refractivity contribution in [2.45, 2.75) is 18.5 Å². The van der Waals surface area contributed by atoms with Gasteiger partial charge in [-0.15, -0.1) is 11.6 Å². The quantitative estimate of drug-likeness (QED) is 0.730. The molecular formula is C13H18ClN3O3. The van der Waals surface area contributed by atoms with Gasteiger partial charge in [-0.2, -0.15) is 4.98 Å². The molecule has 1 unspecified atom stereocenters. The number of hydrogen-bond acceptors (Lipinski definition) is 5. The standard InChI is InChI=1S/C13H18ClN3O3/c1-18-8-9(19-2)7-17-11(6-14)15-10-4-5-12(20-3)16-13(10)17/h4-5,9H,6-8H2,1-3H3. The number of pyridine rings is 1. The molecule has 110 valence electrons. The zero-order valence-corrected chi connectivity index (χ0v) is 12.6. The van der Waals surface area contributed by atoms with Gasteiger partial charge in [0, 0.05) is 20.3 Å². The number of alkyl halides is 1. The number of imidazole rings is 1. The summed E-state index contributed by atoms with van der Waals surface area (Å²) >= 11 is 5.97. The first-order valence-electron chi connectivity index (χ1n) is 6.21. The molecule has 0 spiro atoms. The van der Waals surface area contributed by atoms with Crippen LogP contribution in [-0.2, 0) is 21.9 Å².